The van der Waals surface area contributed by atoms with Crippen LogP contribution in [0.4, 0.5) is 14.1 Å². The SMILES string of the molecule is [F][Cf]([F])[F]. The summed E-state index contributed by atoms with van der Waals surface area (Å²) < 4.78 is 24.6. The van der Waals surface area contributed by atoms with E-state index in [9.17, 15) is 14.1 Å². The van der Waals surface area contributed by atoms with E-state index in [0.29, 0.717) is 0 Å². The molecule has 0 saturated heterocycles. The van der Waals surface area contributed by atoms with Crippen LogP contribution in [-0.2, 0) is 0 Å². The van der Waals surface area contributed by atoms with E-state index in [2.05, 4.69) is 0 Å². The van der Waals surface area contributed by atoms with Gasteiger partial charge in [-0.15, -0.1) is 0 Å². The molecule has 31 valence electrons. The van der Waals surface area contributed by atoms with Crippen molar-refractivity contribution in [1.29, 1.82) is 0 Å². The molecule has 0 aromatic rings. The molecule has 0 aliphatic heterocycles. The molecule has 0 atom stereocenters. The van der Waals surface area contributed by atoms with Gasteiger partial charge in [0.05, 0.1) is 0 Å². The van der Waals surface area contributed by atoms with E-state index < -0.39 is 0 Å². The van der Waals surface area contributed by atoms with Gasteiger partial charge >= 0.3 is 14.1 Å². The monoisotopic (exact) mass is 306 g/mol. The van der Waals surface area contributed by atoms with Crippen LogP contribution in [0, 0.1) is 0 Å². The Hall–Kier alpha value is -1.21. The molecule has 0 nitrogen and oxygen atoms in total. The summed E-state index contributed by atoms with van der Waals surface area (Å²) in [7, 11) is 0. The molecule has 0 heterocycles. The topological polar surface area (TPSA) is 0 Å². The second-order valence-corrected chi connectivity index (χ2v) is 1.26. The molecule has 0 amide bonds. The zero-order valence-corrected chi connectivity index (χ0v) is 4.08. The molecule has 0 unspecified atom stereocenters. The first-order valence-corrected chi connectivity index (χ1v) is 3.34. The fourth-order valence-electron chi connectivity index (χ4n) is 0. The van der Waals surface area contributed by atoms with E-state index in [-0.39, 0.29) is 0 Å². The molecule has 0 aromatic carbocycles. The van der Waals surface area contributed by atoms with Crippen molar-refractivity contribution >= 4 is 0 Å². The van der Waals surface area contributed by atoms with Crippen molar-refractivity contribution in [2.45, 2.75) is 0 Å². The molecule has 4 heavy (non-hydrogen) atoms. The molecule has 0 rings (SSSR count). The Morgan fingerprint density at radius 2 is 1.00 bits per heavy atom. The first kappa shape index (κ1) is 2.79. The van der Waals surface area contributed by atoms with Crippen LogP contribution in [0.2, 0.25) is 0 Å². The van der Waals surface area contributed by atoms with Crippen LogP contribution in [0.25, 0.3) is 0 Å². The summed E-state index contributed by atoms with van der Waals surface area (Å²) in [5.74, 6) is 0. The Morgan fingerprint density at radius 1 is 1.00 bits per heavy atom. The van der Waals surface area contributed by atoms with Crippen LogP contribution in [0.1, 0.15) is 0 Å². The first-order chi connectivity index (χ1) is 1.73. The third-order valence-electron chi connectivity index (χ3n) is 0. The second-order valence-electron chi connectivity index (χ2n) is 0.136. The minimum absolute atomic E-state index is 4.94. The minimum atomic E-state index is -4.94. The quantitative estimate of drug-likeness (QED) is 0.632. The molecule has 0 spiro atoms. The van der Waals surface area contributed by atoms with Crippen LogP contribution in [0.15, 0.2) is 0 Å². The normalized spacial score (nSPS) is 6.75. The molecule has 0 saturated carbocycles. The number of rotatable bonds is 0. The molecule has 0 aliphatic carbocycles. The third kappa shape index (κ3) is 0.0238. The summed E-state index contributed by atoms with van der Waals surface area (Å²) in [6.45, 7) is 0. The van der Waals surface area contributed by atoms with Gasteiger partial charge in [-0.05, 0) is 0 Å². The molecule has 0 radical (unpaired) electrons. The maximum absolute atomic E-state index is 9.85. The van der Waals surface area contributed by atoms with Crippen LogP contribution < -0.4 is 0 Å². The Kier molecular flexibility index (Phi) is 0.243. The third-order valence-corrected chi connectivity index (χ3v) is 0. The first-order valence-electron chi connectivity index (χ1n) is 0.359. The van der Waals surface area contributed by atoms with Gasteiger partial charge < -0.3 is 0 Å². The zero-order chi connectivity index (χ0) is 3.58. The Labute approximate surface area is 15.6 Å². The Balaban J connectivity index is 2.32. The summed E-state index contributed by atoms with van der Waals surface area (Å²) in [5, 5.41) is 0. The Morgan fingerprint density at radius 3 is 1.00 bits per heavy atom. The Bertz CT molecular complexity index is 8.00. The van der Waals surface area contributed by atoms with E-state index in [1.807, 2.05) is 0 Å². The van der Waals surface area contributed by atoms with Crippen molar-refractivity contribution in [3.63, 3.8) is 0 Å². The average molecular weight is 308 g/mol. The second kappa shape index (κ2) is 0.349. The van der Waals surface area contributed by atoms with Crippen molar-refractivity contribution in [2.24, 2.45) is 0 Å². The zero-order valence-electron chi connectivity index (χ0n) is 1.45. The van der Waals surface area contributed by atoms with Gasteiger partial charge in [-0.2, -0.15) is 0 Å². The van der Waals surface area contributed by atoms with Gasteiger partial charge in [0.15, 0.2) is 0 Å². The van der Waals surface area contributed by atoms with Crippen molar-refractivity contribution < 1.29 is 14.1 Å². The standard InChI is InChI=1S/Cf.3FH/h;3*1H/q+3;;;/p-3. The van der Waals surface area contributed by atoms with Gasteiger partial charge in [0.2, 0.25) is 0 Å². The van der Waals surface area contributed by atoms with E-state index in [1.165, 1.54) is 0 Å². The van der Waals surface area contributed by atoms with E-state index in [4.69, 9.17) is 0 Å². The maximum atomic E-state index is 9.85. The van der Waals surface area contributed by atoms with Gasteiger partial charge in [0, 0.05) is 0 Å². The molecule has 0 aromatic heterocycles. The van der Waals surface area contributed by atoms with Gasteiger partial charge in [-0.3, -0.25) is 0 Å². The molecular weight excluding hydrogens is 308 g/mol. The summed E-state index contributed by atoms with van der Waals surface area (Å²) in [6.07, 6.45) is 0. The van der Waals surface area contributed by atoms with Gasteiger partial charge in [0.25, 0.3) is 0 Å². The summed E-state index contributed by atoms with van der Waals surface area (Å²) in [5.41, 5.74) is 0. The fourth-order valence-corrected chi connectivity index (χ4v) is 0. The fraction of sp³-hybridized carbons (Fsp3) is 0. The molecule has 0 N–H and O–H groups in total. The van der Waals surface area contributed by atoms with Crippen molar-refractivity contribution in [3.8, 4) is 0 Å². The molecular formula is CfF3. The van der Waals surface area contributed by atoms with Gasteiger partial charge in [0.1, 0.15) is 0 Å². The van der Waals surface area contributed by atoms with E-state index >= 15 is 0 Å². The van der Waals surface area contributed by atoms with Crippen molar-refractivity contribution in [2.75, 3.05) is 0 Å². The predicted octanol–water partition coefficient (Wildman–Crippen LogP) is 1.26. The van der Waals surface area contributed by atoms with Gasteiger partial charge in [-0.25, -0.2) is 0 Å². The molecule has 4 heteroatoms. The molecule has 0 aliphatic rings. The van der Waals surface area contributed by atoms with Gasteiger partial charge in [-0.1, -0.05) is 0 Å². The molecule has 0 fully saturated rings. The van der Waals surface area contributed by atoms with E-state index in [0.717, 1.165) is 0 Å². The predicted molar refractivity (Wildman–Crippen MR) is 3.32 cm³/mol. The van der Waals surface area contributed by atoms with Crippen LogP contribution in [0.3, 0.4) is 0 Å². The van der Waals surface area contributed by atoms with Crippen LogP contribution in [0.5, 0.6) is 0 Å². The average Bonchev–Trinajstić information content (AvgIpc) is 0.811. The summed E-state index contributed by atoms with van der Waals surface area (Å²) >= 11 is 0. The number of hydrogen-bond donors (Lipinski definition) is 0. The van der Waals surface area contributed by atoms with Crippen molar-refractivity contribution in [1.82, 2.24) is 0 Å². The summed E-state index contributed by atoms with van der Waals surface area (Å²) in [4.78, 5) is 0. The van der Waals surface area contributed by atoms with E-state index in [1.54, 1.807) is 0 Å². The van der Waals surface area contributed by atoms with Crippen LogP contribution >= 0.6 is 0 Å². The molecule has 0 bridgehead atoms. The van der Waals surface area contributed by atoms with Crippen LogP contribution in [-0.4, -0.2) is 0 Å². The summed E-state index contributed by atoms with van der Waals surface area (Å²) in [6, 6.07) is 0. The van der Waals surface area contributed by atoms with Crippen molar-refractivity contribution in [3.05, 3.63) is 0 Å². The number of halogens is 3. The number of hydrogen-bond acceptors (Lipinski definition) is 0.